The molecule has 4 nitrogen and oxygen atoms in total. The Bertz CT molecular complexity index is 854. The summed E-state index contributed by atoms with van der Waals surface area (Å²) < 4.78 is 0. The highest BCUT2D eigenvalue weighted by molar-refractivity contribution is 7.16. The third-order valence-corrected chi connectivity index (χ3v) is 7.13. The molecule has 0 aliphatic rings. The molecule has 1 heterocycles. The first-order valence-electron chi connectivity index (χ1n) is 10.5. The van der Waals surface area contributed by atoms with Gasteiger partial charge in [-0.3, -0.25) is 4.79 Å². The second kappa shape index (κ2) is 11.4. The van der Waals surface area contributed by atoms with Crippen LogP contribution in [-0.2, 0) is 11.2 Å². The fraction of sp³-hybridized carbons (Fsp3) is 0.565. The molecule has 1 N–H and O–H groups in total. The molecule has 0 bridgehead atoms. The van der Waals surface area contributed by atoms with Crippen LogP contribution in [0.5, 0.6) is 0 Å². The van der Waals surface area contributed by atoms with Crippen molar-refractivity contribution in [2.75, 3.05) is 18.0 Å². The van der Waals surface area contributed by atoms with Crippen LogP contribution in [0.3, 0.4) is 0 Å². The van der Waals surface area contributed by atoms with Crippen LogP contribution in [0, 0.1) is 17.8 Å². The zero-order valence-corrected chi connectivity index (χ0v) is 20.7. The maximum Gasteiger partial charge on any atom is 0.308 e. The average Bonchev–Trinajstić information content (AvgIpc) is 3.09. The second-order valence-corrected chi connectivity index (χ2v) is 10.4. The van der Waals surface area contributed by atoms with E-state index in [1.54, 1.807) is 24.3 Å². The smallest absolute Gasteiger partial charge is 0.308 e. The number of hydrogen-bond acceptors (Lipinski definition) is 4. The molecule has 166 valence electrons. The summed E-state index contributed by atoms with van der Waals surface area (Å²) in [4.78, 5) is 19.8. The molecule has 0 fully saturated rings. The number of benzene rings is 1. The molecule has 1 aromatic heterocycles. The molecule has 0 aliphatic carbocycles. The molecule has 2 unspecified atom stereocenters. The third kappa shape index (κ3) is 6.86. The van der Waals surface area contributed by atoms with Crippen LogP contribution in [0.1, 0.15) is 52.3 Å². The van der Waals surface area contributed by atoms with Gasteiger partial charge in [0.1, 0.15) is 0 Å². The molecule has 30 heavy (non-hydrogen) atoms. The minimum Gasteiger partial charge on any atom is -0.481 e. The molecule has 2 aromatic rings. The van der Waals surface area contributed by atoms with Gasteiger partial charge in [-0.1, -0.05) is 70.3 Å². The molecule has 0 aliphatic heterocycles. The summed E-state index contributed by atoms with van der Waals surface area (Å²) in [6.07, 6.45) is 3.01. The van der Waals surface area contributed by atoms with E-state index in [9.17, 15) is 9.90 Å². The van der Waals surface area contributed by atoms with Gasteiger partial charge in [-0.15, -0.1) is 11.3 Å². The monoisotopic (exact) mass is 470 g/mol. The van der Waals surface area contributed by atoms with Gasteiger partial charge in [0.15, 0.2) is 5.13 Å². The van der Waals surface area contributed by atoms with Gasteiger partial charge in [-0.25, -0.2) is 4.98 Å². The van der Waals surface area contributed by atoms with Crippen LogP contribution >= 0.6 is 34.5 Å². The topological polar surface area (TPSA) is 53.4 Å². The van der Waals surface area contributed by atoms with Gasteiger partial charge in [-0.05, 0) is 36.8 Å². The second-order valence-electron chi connectivity index (χ2n) is 8.48. The average molecular weight is 471 g/mol. The van der Waals surface area contributed by atoms with E-state index in [-0.39, 0.29) is 0 Å². The lowest BCUT2D eigenvalue weighted by Gasteiger charge is -2.25. The van der Waals surface area contributed by atoms with Crippen LogP contribution in [0.25, 0.3) is 11.3 Å². The van der Waals surface area contributed by atoms with Crippen molar-refractivity contribution in [3.63, 3.8) is 0 Å². The minimum atomic E-state index is -0.785. The van der Waals surface area contributed by atoms with E-state index in [4.69, 9.17) is 28.2 Å². The maximum absolute atomic E-state index is 11.5. The van der Waals surface area contributed by atoms with E-state index in [1.807, 2.05) is 12.1 Å². The normalized spacial score (nSPS) is 13.5. The highest BCUT2D eigenvalue weighted by Gasteiger charge is 2.23. The Morgan fingerprint density at radius 3 is 2.47 bits per heavy atom. The number of carbonyl (C=O) groups is 1. The SMILES string of the molecule is CCC(C)CCN(CC(C)C(=O)O)c1nc(-c2ccc(Cl)c(Cl)c2)c(CC(C)C)s1. The van der Waals surface area contributed by atoms with E-state index in [0.717, 1.165) is 42.2 Å². The van der Waals surface area contributed by atoms with Crippen molar-refractivity contribution in [3.8, 4) is 11.3 Å². The van der Waals surface area contributed by atoms with Crippen LogP contribution < -0.4 is 4.90 Å². The summed E-state index contributed by atoms with van der Waals surface area (Å²) in [5.74, 6) is -0.191. The number of rotatable bonds is 11. The first-order valence-corrected chi connectivity index (χ1v) is 12.1. The van der Waals surface area contributed by atoms with E-state index in [2.05, 4.69) is 32.6 Å². The fourth-order valence-electron chi connectivity index (χ4n) is 3.11. The van der Waals surface area contributed by atoms with Crippen molar-refractivity contribution in [2.45, 2.75) is 53.9 Å². The summed E-state index contributed by atoms with van der Waals surface area (Å²) in [5.41, 5.74) is 1.86. The predicted molar refractivity (Wildman–Crippen MR) is 129 cm³/mol. The highest BCUT2D eigenvalue weighted by Crippen LogP contribution is 2.37. The molecular weight excluding hydrogens is 439 g/mol. The van der Waals surface area contributed by atoms with Crippen molar-refractivity contribution >= 4 is 45.6 Å². The first-order chi connectivity index (χ1) is 14.1. The number of halogens is 2. The van der Waals surface area contributed by atoms with Gasteiger partial charge in [0.05, 0.1) is 21.7 Å². The number of aliphatic carboxylic acids is 1. The number of hydrogen-bond donors (Lipinski definition) is 1. The Kier molecular flexibility index (Phi) is 9.45. The van der Waals surface area contributed by atoms with Crippen molar-refractivity contribution in [2.24, 2.45) is 17.8 Å². The summed E-state index contributed by atoms with van der Waals surface area (Å²) in [6.45, 7) is 11.8. The van der Waals surface area contributed by atoms with Crippen molar-refractivity contribution < 1.29 is 9.90 Å². The Morgan fingerprint density at radius 2 is 1.90 bits per heavy atom. The van der Waals surface area contributed by atoms with Crippen molar-refractivity contribution in [1.29, 1.82) is 0 Å². The van der Waals surface area contributed by atoms with Gasteiger partial charge in [0.2, 0.25) is 0 Å². The Hall–Kier alpha value is -1.30. The molecule has 2 atom stereocenters. The summed E-state index contributed by atoms with van der Waals surface area (Å²) >= 11 is 14.0. The molecule has 0 amide bonds. The fourth-order valence-corrected chi connectivity index (χ4v) is 4.73. The van der Waals surface area contributed by atoms with E-state index >= 15 is 0 Å². The molecule has 1 aromatic carbocycles. The highest BCUT2D eigenvalue weighted by atomic mass is 35.5. The zero-order chi connectivity index (χ0) is 22.4. The zero-order valence-electron chi connectivity index (χ0n) is 18.4. The molecule has 0 spiro atoms. The Labute approximate surface area is 194 Å². The Balaban J connectivity index is 2.44. The third-order valence-electron chi connectivity index (χ3n) is 5.25. The van der Waals surface area contributed by atoms with Gasteiger partial charge < -0.3 is 10.0 Å². The summed E-state index contributed by atoms with van der Waals surface area (Å²) in [6, 6.07) is 5.60. The largest absolute Gasteiger partial charge is 0.481 e. The number of carboxylic acid groups (broad SMARTS) is 1. The standard InChI is InChI=1S/C23H32Cl2N2O2S/c1-6-15(4)9-10-27(13-16(5)22(28)29)23-26-21(20(30-23)11-14(2)3)17-7-8-18(24)19(25)12-17/h7-8,12,14-16H,6,9-11,13H2,1-5H3,(H,28,29). The number of aromatic nitrogens is 1. The number of nitrogens with zero attached hydrogens (tertiary/aromatic N) is 2. The molecule has 2 rings (SSSR count). The van der Waals surface area contributed by atoms with Gasteiger partial charge >= 0.3 is 5.97 Å². The maximum atomic E-state index is 11.5. The van der Waals surface area contributed by atoms with Crippen molar-refractivity contribution in [3.05, 3.63) is 33.1 Å². The number of anilines is 1. The van der Waals surface area contributed by atoms with Gasteiger partial charge in [-0.2, -0.15) is 0 Å². The van der Waals surface area contributed by atoms with Gasteiger partial charge in [0, 0.05) is 23.5 Å². The molecule has 7 heteroatoms. The number of carboxylic acids is 1. The lowest BCUT2D eigenvalue weighted by Crippen LogP contribution is -2.33. The summed E-state index contributed by atoms with van der Waals surface area (Å²) in [5, 5.41) is 11.3. The Morgan fingerprint density at radius 1 is 1.20 bits per heavy atom. The predicted octanol–water partition coefficient (Wildman–Crippen LogP) is 7.28. The van der Waals surface area contributed by atoms with Crippen LogP contribution in [-0.4, -0.2) is 29.1 Å². The molecular formula is C23H32Cl2N2O2S. The van der Waals surface area contributed by atoms with Crippen LogP contribution in [0.2, 0.25) is 10.0 Å². The summed E-state index contributed by atoms with van der Waals surface area (Å²) in [7, 11) is 0. The van der Waals surface area contributed by atoms with Crippen LogP contribution in [0.4, 0.5) is 5.13 Å². The number of thiazole rings is 1. The lowest BCUT2D eigenvalue weighted by molar-refractivity contribution is -0.140. The van der Waals surface area contributed by atoms with Crippen molar-refractivity contribution in [1.82, 2.24) is 4.98 Å². The molecule has 0 radical (unpaired) electrons. The van der Waals surface area contributed by atoms with E-state index in [0.29, 0.717) is 28.4 Å². The molecule has 0 saturated carbocycles. The van der Waals surface area contributed by atoms with E-state index < -0.39 is 11.9 Å². The van der Waals surface area contributed by atoms with Gasteiger partial charge in [0.25, 0.3) is 0 Å². The lowest BCUT2D eigenvalue weighted by atomic mass is 10.0. The van der Waals surface area contributed by atoms with E-state index in [1.165, 1.54) is 4.88 Å². The quantitative estimate of drug-likeness (QED) is 0.374. The first kappa shape index (κ1) is 25.0. The minimum absolute atomic E-state index is 0.446. The molecule has 0 saturated heterocycles. The van der Waals surface area contributed by atoms with Crippen LogP contribution in [0.15, 0.2) is 18.2 Å².